The van der Waals surface area contributed by atoms with Gasteiger partial charge in [0.05, 0.1) is 11.4 Å². The number of anilines is 1. The number of thiocarbonyl (C=S) groups is 1. The summed E-state index contributed by atoms with van der Waals surface area (Å²) in [7, 11) is 0. The molecule has 2 aliphatic heterocycles. The molecule has 0 radical (unpaired) electrons. The number of hydrogen-bond acceptors (Lipinski definition) is 6. The molecule has 8 heteroatoms. The van der Waals surface area contributed by atoms with Crippen molar-refractivity contribution in [1.29, 1.82) is 5.26 Å². The van der Waals surface area contributed by atoms with Crippen LogP contribution >= 0.6 is 24.0 Å². The molecule has 2 unspecified atom stereocenters. The Balaban J connectivity index is 1.85. The number of rotatable bonds is 7. The fraction of sp³-hybridized carbons (Fsp3) is 0.448. The van der Waals surface area contributed by atoms with Gasteiger partial charge in [0.25, 0.3) is 11.5 Å². The predicted octanol–water partition coefficient (Wildman–Crippen LogP) is 5.71. The molecule has 1 amide bonds. The van der Waals surface area contributed by atoms with Crippen molar-refractivity contribution >= 4 is 46.1 Å². The van der Waals surface area contributed by atoms with Crippen molar-refractivity contribution in [3.8, 4) is 6.07 Å². The van der Waals surface area contributed by atoms with Gasteiger partial charge in [-0.3, -0.25) is 19.1 Å². The second kappa shape index (κ2) is 11.7. The number of nitrogens with zero attached hydrogens (tertiary/aromatic N) is 4. The zero-order valence-electron chi connectivity index (χ0n) is 22.0. The van der Waals surface area contributed by atoms with Gasteiger partial charge in [0.1, 0.15) is 21.8 Å². The first-order valence-electron chi connectivity index (χ1n) is 13.0. The van der Waals surface area contributed by atoms with Gasteiger partial charge < -0.3 is 4.90 Å². The zero-order chi connectivity index (χ0) is 26.7. The maximum Gasteiger partial charge on any atom is 0.270 e. The van der Waals surface area contributed by atoms with Crippen LogP contribution in [0.2, 0.25) is 0 Å². The Labute approximate surface area is 229 Å². The smallest absolute Gasteiger partial charge is 0.270 e. The van der Waals surface area contributed by atoms with E-state index in [-0.39, 0.29) is 17.0 Å². The molecule has 2 saturated heterocycles. The number of unbranched alkanes of at least 4 members (excludes halogenated alkanes) is 1. The number of carbonyl (C=O) groups excluding carboxylic acids is 1. The number of benzene rings is 1. The van der Waals surface area contributed by atoms with Gasteiger partial charge in [-0.15, -0.1) is 0 Å². The van der Waals surface area contributed by atoms with Gasteiger partial charge in [-0.25, -0.2) is 0 Å². The highest BCUT2D eigenvalue weighted by Crippen LogP contribution is 2.38. The van der Waals surface area contributed by atoms with Gasteiger partial charge in [0.15, 0.2) is 0 Å². The van der Waals surface area contributed by atoms with E-state index in [9.17, 15) is 14.9 Å². The van der Waals surface area contributed by atoms with Crippen molar-refractivity contribution < 1.29 is 4.79 Å². The summed E-state index contributed by atoms with van der Waals surface area (Å²) >= 11 is 6.88. The number of pyridine rings is 1. The second-order valence-electron chi connectivity index (χ2n) is 10.3. The van der Waals surface area contributed by atoms with Crippen molar-refractivity contribution in [3.63, 3.8) is 0 Å². The van der Waals surface area contributed by atoms with Crippen LogP contribution in [0.1, 0.15) is 62.3 Å². The molecule has 0 saturated carbocycles. The largest absolute Gasteiger partial charge is 0.357 e. The molecule has 194 valence electrons. The number of piperidine rings is 1. The number of aromatic nitrogens is 1. The molecule has 0 spiro atoms. The van der Waals surface area contributed by atoms with Crippen LogP contribution in [0.25, 0.3) is 6.08 Å². The van der Waals surface area contributed by atoms with E-state index in [1.54, 1.807) is 9.47 Å². The summed E-state index contributed by atoms with van der Waals surface area (Å²) in [5, 5.41) is 9.92. The SMILES string of the molecule is CCCCn1c(N2CC(C)CC(C)C2)c(/C=C2\SC(=S)N(Cc3ccccc3)C2=O)c(C)c(C#N)c1=O. The van der Waals surface area contributed by atoms with Crippen LogP contribution in [-0.2, 0) is 17.9 Å². The van der Waals surface area contributed by atoms with Crippen LogP contribution in [0.4, 0.5) is 5.82 Å². The van der Waals surface area contributed by atoms with Gasteiger partial charge in [0.2, 0.25) is 0 Å². The Morgan fingerprint density at radius 3 is 2.46 bits per heavy atom. The minimum atomic E-state index is -0.247. The van der Waals surface area contributed by atoms with Crippen LogP contribution in [0, 0.1) is 30.1 Å². The van der Waals surface area contributed by atoms with Crippen LogP contribution in [-0.4, -0.2) is 32.8 Å². The van der Waals surface area contributed by atoms with E-state index < -0.39 is 0 Å². The Kier molecular flexibility index (Phi) is 8.56. The molecule has 6 nitrogen and oxygen atoms in total. The van der Waals surface area contributed by atoms with Crippen LogP contribution in [0.3, 0.4) is 0 Å². The van der Waals surface area contributed by atoms with Crippen molar-refractivity contribution in [2.75, 3.05) is 18.0 Å². The van der Waals surface area contributed by atoms with Gasteiger partial charge in [-0.1, -0.05) is 81.5 Å². The molecule has 4 rings (SSSR count). The van der Waals surface area contributed by atoms with Crippen LogP contribution in [0.5, 0.6) is 0 Å². The van der Waals surface area contributed by atoms with Crippen molar-refractivity contribution in [1.82, 2.24) is 9.47 Å². The molecule has 2 aromatic rings. The van der Waals surface area contributed by atoms with Crippen LogP contribution in [0.15, 0.2) is 40.0 Å². The predicted molar refractivity (Wildman–Crippen MR) is 155 cm³/mol. The van der Waals surface area contributed by atoms with E-state index in [0.717, 1.165) is 49.3 Å². The summed E-state index contributed by atoms with van der Waals surface area (Å²) in [6.45, 7) is 11.0. The molecule has 2 fully saturated rings. The standard InChI is InChI=1S/C29H34N4O2S2/c1-5-6-12-32-26(31-16-19(2)13-20(3)17-31)23(21(4)24(15-30)27(32)34)14-25-28(35)33(29(36)37-25)18-22-10-8-7-9-11-22/h7-11,14,19-20H,5-6,12-13,16-18H2,1-4H3/b25-14-. The van der Waals surface area contributed by atoms with Gasteiger partial charge in [-0.2, -0.15) is 5.26 Å². The molecule has 1 aromatic heterocycles. The molecule has 0 N–H and O–H groups in total. The van der Waals surface area contributed by atoms with E-state index in [4.69, 9.17) is 12.2 Å². The molecule has 1 aromatic carbocycles. The lowest BCUT2D eigenvalue weighted by Gasteiger charge is -2.39. The fourth-order valence-corrected chi connectivity index (χ4v) is 6.61. The van der Waals surface area contributed by atoms with E-state index in [1.165, 1.54) is 11.8 Å². The summed E-state index contributed by atoms with van der Waals surface area (Å²) in [5.74, 6) is 1.63. The molecule has 37 heavy (non-hydrogen) atoms. The lowest BCUT2D eigenvalue weighted by atomic mass is 9.91. The summed E-state index contributed by atoms with van der Waals surface area (Å²) in [6, 6.07) is 11.9. The van der Waals surface area contributed by atoms with E-state index in [2.05, 4.69) is 31.7 Å². The average Bonchev–Trinajstić information content (AvgIpc) is 3.12. The average molecular weight is 535 g/mol. The summed E-state index contributed by atoms with van der Waals surface area (Å²) in [4.78, 5) is 31.5. The van der Waals surface area contributed by atoms with Crippen molar-refractivity contribution in [2.24, 2.45) is 11.8 Å². The second-order valence-corrected chi connectivity index (χ2v) is 11.9. The minimum absolute atomic E-state index is 0.143. The third-order valence-corrected chi connectivity index (χ3v) is 8.46. The van der Waals surface area contributed by atoms with E-state index in [1.807, 2.05) is 43.3 Å². The molecular formula is C29H34N4O2S2. The molecule has 3 heterocycles. The Morgan fingerprint density at radius 2 is 1.84 bits per heavy atom. The van der Waals surface area contributed by atoms with Gasteiger partial charge >= 0.3 is 0 Å². The quantitative estimate of drug-likeness (QED) is 0.335. The van der Waals surface area contributed by atoms with Gasteiger partial charge in [-0.05, 0) is 48.8 Å². The number of amides is 1. The van der Waals surface area contributed by atoms with Crippen molar-refractivity contribution in [2.45, 2.75) is 60.0 Å². The number of thioether (sulfide) groups is 1. The van der Waals surface area contributed by atoms with Crippen LogP contribution < -0.4 is 10.5 Å². The maximum atomic E-state index is 13.5. The summed E-state index contributed by atoms with van der Waals surface area (Å²) in [5.41, 5.74) is 2.29. The highest BCUT2D eigenvalue weighted by atomic mass is 32.2. The third kappa shape index (κ3) is 5.68. The summed E-state index contributed by atoms with van der Waals surface area (Å²) in [6.07, 6.45) is 4.76. The monoisotopic (exact) mass is 534 g/mol. The fourth-order valence-electron chi connectivity index (χ4n) is 5.38. The number of nitriles is 1. The van der Waals surface area contributed by atoms with Gasteiger partial charge in [0, 0.05) is 25.2 Å². The maximum absolute atomic E-state index is 13.5. The Morgan fingerprint density at radius 1 is 1.16 bits per heavy atom. The Hall–Kier alpha value is -2.89. The lowest BCUT2D eigenvalue weighted by Crippen LogP contribution is -2.43. The zero-order valence-corrected chi connectivity index (χ0v) is 23.6. The third-order valence-electron chi connectivity index (χ3n) is 7.08. The Bertz CT molecular complexity index is 1320. The molecule has 0 bridgehead atoms. The number of carbonyl (C=O) groups is 1. The van der Waals surface area contributed by atoms with E-state index in [0.29, 0.717) is 39.7 Å². The molecule has 2 aliphatic rings. The lowest BCUT2D eigenvalue weighted by molar-refractivity contribution is -0.122. The highest BCUT2D eigenvalue weighted by Gasteiger charge is 2.34. The topological polar surface area (TPSA) is 69.3 Å². The highest BCUT2D eigenvalue weighted by molar-refractivity contribution is 8.26. The van der Waals surface area contributed by atoms with E-state index >= 15 is 0 Å². The molecule has 0 aliphatic carbocycles. The normalized spacial score (nSPS) is 21.1. The first-order chi connectivity index (χ1) is 17.7. The minimum Gasteiger partial charge on any atom is -0.357 e. The first kappa shape index (κ1) is 27.2. The number of hydrogen-bond donors (Lipinski definition) is 0. The first-order valence-corrected chi connectivity index (χ1v) is 14.2. The summed E-state index contributed by atoms with van der Waals surface area (Å²) < 4.78 is 2.29. The molecule has 2 atom stereocenters. The van der Waals surface area contributed by atoms with Crippen molar-refractivity contribution in [3.05, 3.63) is 67.8 Å². The molecular weight excluding hydrogens is 500 g/mol.